The van der Waals surface area contributed by atoms with Crippen LogP contribution >= 0.6 is 11.3 Å². The molecule has 0 saturated carbocycles. The van der Waals surface area contributed by atoms with Gasteiger partial charge in [0.15, 0.2) is 0 Å². The average Bonchev–Trinajstić information content (AvgIpc) is 2.75. The van der Waals surface area contributed by atoms with E-state index in [9.17, 15) is 18.4 Å². The molecule has 0 spiro atoms. The van der Waals surface area contributed by atoms with E-state index in [1.165, 1.54) is 24.3 Å². The summed E-state index contributed by atoms with van der Waals surface area (Å²) >= 11 is 1.30. The van der Waals surface area contributed by atoms with E-state index in [2.05, 4.69) is 5.32 Å². The largest absolute Gasteiger partial charge is 0.320 e. The van der Waals surface area contributed by atoms with E-state index in [0.717, 1.165) is 48.3 Å². The Morgan fingerprint density at radius 3 is 2.42 bits per heavy atom. The molecule has 1 aromatic heterocycles. The Balaban J connectivity index is 2.13. The van der Waals surface area contributed by atoms with E-state index >= 15 is 0 Å². The Morgan fingerprint density at radius 1 is 1.12 bits per heavy atom. The zero-order valence-electron chi connectivity index (χ0n) is 14.4. The molecule has 1 aliphatic carbocycles. The van der Waals surface area contributed by atoms with Gasteiger partial charge in [-0.25, -0.2) is 8.78 Å². The van der Waals surface area contributed by atoms with Gasteiger partial charge < -0.3 is 11.1 Å². The van der Waals surface area contributed by atoms with Gasteiger partial charge >= 0.3 is 0 Å². The van der Waals surface area contributed by atoms with Crippen molar-refractivity contribution in [2.75, 3.05) is 5.32 Å². The highest BCUT2D eigenvalue weighted by atomic mass is 32.1. The molecule has 1 heterocycles. The minimum atomic E-state index is -0.909. The third-order valence-corrected chi connectivity index (χ3v) is 5.70. The Bertz CT molecular complexity index is 841. The molecule has 2 aromatic rings. The Kier molecular flexibility index (Phi) is 5.48. The molecule has 0 aliphatic heterocycles. The number of hydrogen-bond acceptors (Lipinski definition) is 4. The fourth-order valence-corrected chi connectivity index (χ4v) is 4.43. The third kappa shape index (κ3) is 3.54. The number of benzene rings is 1. The zero-order valence-corrected chi connectivity index (χ0v) is 15.2. The number of thiophene rings is 1. The summed E-state index contributed by atoms with van der Waals surface area (Å²) in [5.41, 5.74) is 6.01. The second-order valence-corrected chi connectivity index (χ2v) is 7.58. The Hall–Kier alpha value is -2.12. The molecule has 3 rings (SSSR count). The molecule has 26 heavy (non-hydrogen) atoms. The predicted octanol–water partition coefficient (Wildman–Crippen LogP) is 3.81. The van der Waals surface area contributed by atoms with Crippen LogP contribution in [-0.2, 0) is 17.6 Å². The number of nitrogens with one attached hydrogen (secondary N) is 1. The van der Waals surface area contributed by atoms with Crippen LogP contribution in [-0.4, -0.2) is 17.7 Å². The molecule has 0 saturated heterocycles. The molecule has 138 valence electrons. The molecular formula is C19H20F2N2O2S. The van der Waals surface area contributed by atoms with Gasteiger partial charge in [-0.1, -0.05) is 12.5 Å². The molecule has 1 aliphatic rings. The highest BCUT2D eigenvalue weighted by molar-refractivity contribution is 7.17. The summed E-state index contributed by atoms with van der Waals surface area (Å²) in [6.07, 6.45) is 4.34. The number of amides is 1. The maximum absolute atomic E-state index is 14.2. The molecule has 3 N–H and O–H groups in total. The summed E-state index contributed by atoms with van der Waals surface area (Å²) in [7, 11) is 0. The monoisotopic (exact) mass is 378 g/mol. The zero-order chi connectivity index (χ0) is 18.8. The van der Waals surface area contributed by atoms with Gasteiger partial charge in [-0.05, 0) is 50.3 Å². The molecule has 0 radical (unpaired) electrons. The van der Waals surface area contributed by atoms with E-state index in [1.54, 1.807) is 0 Å². The van der Waals surface area contributed by atoms with Gasteiger partial charge in [0.05, 0.1) is 17.2 Å². The number of aryl methyl sites for hydroxylation is 1. The molecule has 1 amide bonds. The van der Waals surface area contributed by atoms with Crippen LogP contribution in [0.2, 0.25) is 0 Å². The molecule has 1 unspecified atom stereocenters. The quantitative estimate of drug-likeness (QED) is 0.628. The second kappa shape index (κ2) is 7.63. The standard InChI is InChI=1S/C19H20F2N2O2S/c1-10(22)18(25)23-19-15(11-6-3-2-4-9-14(11)26-19)17(24)16-12(20)7-5-8-13(16)21/h5,7-8,10H,2-4,6,9,22H2,1H3,(H,23,25). The van der Waals surface area contributed by atoms with Crippen molar-refractivity contribution in [2.45, 2.75) is 45.1 Å². The first-order valence-electron chi connectivity index (χ1n) is 8.59. The number of fused-ring (bicyclic) bond motifs is 1. The Morgan fingerprint density at radius 2 is 1.77 bits per heavy atom. The maximum atomic E-state index is 14.2. The van der Waals surface area contributed by atoms with Crippen LogP contribution in [0.4, 0.5) is 13.8 Å². The van der Waals surface area contributed by atoms with Crippen molar-refractivity contribution in [3.63, 3.8) is 0 Å². The van der Waals surface area contributed by atoms with Crippen molar-refractivity contribution in [1.29, 1.82) is 0 Å². The smallest absolute Gasteiger partial charge is 0.241 e. The number of carbonyl (C=O) groups is 2. The van der Waals surface area contributed by atoms with Crippen LogP contribution in [0.1, 0.15) is 52.5 Å². The molecule has 7 heteroatoms. The minimum Gasteiger partial charge on any atom is -0.320 e. The van der Waals surface area contributed by atoms with E-state index < -0.39 is 34.9 Å². The summed E-state index contributed by atoms with van der Waals surface area (Å²) in [6.45, 7) is 1.53. The van der Waals surface area contributed by atoms with Gasteiger partial charge in [-0.2, -0.15) is 0 Å². The van der Waals surface area contributed by atoms with Crippen LogP contribution < -0.4 is 11.1 Å². The number of nitrogens with two attached hydrogens (primary N) is 1. The second-order valence-electron chi connectivity index (χ2n) is 6.47. The first-order chi connectivity index (χ1) is 12.4. The Labute approximate surface area is 154 Å². The van der Waals surface area contributed by atoms with Gasteiger partial charge in [-0.3, -0.25) is 9.59 Å². The SMILES string of the molecule is CC(N)C(=O)Nc1sc2c(c1C(=O)c1c(F)cccc1F)CCCCC2. The van der Waals surface area contributed by atoms with Crippen molar-refractivity contribution in [3.05, 3.63) is 51.4 Å². The van der Waals surface area contributed by atoms with Crippen LogP contribution in [0.5, 0.6) is 0 Å². The number of halogens is 2. The van der Waals surface area contributed by atoms with Gasteiger partial charge in [-0.15, -0.1) is 11.3 Å². The summed E-state index contributed by atoms with van der Waals surface area (Å²) in [4.78, 5) is 26.1. The van der Waals surface area contributed by atoms with E-state index in [1.807, 2.05) is 0 Å². The number of carbonyl (C=O) groups excluding carboxylic acids is 2. The minimum absolute atomic E-state index is 0.199. The van der Waals surface area contributed by atoms with Crippen LogP contribution in [0, 0.1) is 11.6 Å². The van der Waals surface area contributed by atoms with E-state index in [-0.39, 0.29) is 5.56 Å². The highest BCUT2D eigenvalue weighted by Crippen LogP contribution is 2.39. The van der Waals surface area contributed by atoms with Crippen molar-refractivity contribution in [1.82, 2.24) is 0 Å². The van der Waals surface area contributed by atoms with Gasteiger partial charge in [0.25, 0.3) is 0 Å². The normalized spacial score (nSPS) is 15.1. The predicted molar refractivity (Wildman–Crippen MR) is 97.6 cm³/mol. The van der Waals surface area contributed by atoms with Crippen molar-refractivity contribution < 1.29 is 18.4 Å². The summed E-state index contributed by atoms with van der Waals surface area (Å²) < 4.78 is 28.3. The summed E-state index contributed by atoms with van der Waals surface area (Å²) in [5.74, 6) is -2.99. The fraction of sp³-hybridized carbons (Fsp3) is 0.368. The van der Waals surface area contributed by atoms with Gasteiger partial charge in [0.2, 0.25) is 11.7 Å². The third-order valence-electron chi connectivity index (χ3n) is 4.49. The van der Waals surface area contributed by atoms with Gasteiger partial charge in [0, 0.05) is 4.88 Å². The first kappa shape index (κ1) is 18.7. The van der Waals surface area contributed by atoms with Crippen molar-refractivity contribution in [2.24, 2.45) is 5.73 Å². The van der Waals surface area contributed by atoms with E-state index in [0.29, 0.717) is 11.4 Å². The molecule has 0 bridgehead atoms. The lowest BCUT2D eigenvalue weighted by Crippen LogP contribution is -2.32. The lowest BCUT2D eigenvalue weighted by Gasteiger charge is -2.11. The number of hydrogen-bond donors (Lipinski definition) is 2. The maximum Gasteiger partial charge on any atom is 0.241 e. The molecule has 4 nitrogen and oxygen atoms in total. The lowest BCUT2D eigenvalue weighted by molar-refractivity contribution is -0.117. The van der Waals surface area contributed by atoms with Crippen LogP contribution in [0.3, 0.4) is 0 Å². The molecular weight excluding hydrogens is 358 g/mol. The van der Waals surface area contributed by atoms with Gasteiger partial charge in [0.1, 0.15) is 16.6 Å². The lowest BCUT2D eigenvalue weighted by atomic mass is 9.97. The van der Waals surface area contributed by atoms with Crippen molar-refractivity contribution in [3.8, 4) is 0 Å². The van der Waals surface area contributed by atoms with Crippen molar-refractivity contribution >= 4 is 28.0 Å². The number of anilines is 1. The fourth-order valence-electron chi connectivity index (χ4n) is 3.14. The topological polar surface area (TPSA) is 72.2 Å². The molecule has 0 fully saturated rings. The number of rotatable bonds is 4. The van der Waals surface area contributed by atoms with Crippen LogP contribution in [0.15, 0.2) is 18.2 Å². The number of ketones is 1. The summed E-state index contributed by atoms with van der Waals surface area (Å²) in [5, 5.41) is 2.99. The molecule has 1 atom stereocenters. The molecule has 1 aromatic carbocycles. The first-order valence-corrected chi connectivity index (χ1v) is 9.41. The van der Waals surface area contributed by atoms with E-state index in [4.69, 9.17) is 5.73 Å². The summed E-state index contributed by atoms with van der Waals surface area (Å²) in [6, 6.07) is 2.57. The highest BCUT2D eigenvalue weighted by Gasteiger charge is 2.29. The average molecular weight is 378 g/mol. The van der Waals surface area contributed by atoms with Crippen LogP contribution in [0.25, 0.3) is 0 Å².